The van der Waals surface area contributed by atoms with Gasteiger partial charge in [-0.25, -0.2) is 8.78 Å². The van der Waals surface area contributed by atoms with E-state index in [-0.39, 0.29) is 34.5 Å². The molecule has 0 radical (unpaired) electrons. The van der Waals surface area contributed by atoms with E-state index in [1.54, 1.807) is 24.3 Å². The molecule has 0 N–H and O–H groups in total. The van der Waals surface area contributed by atoms with Gasteiger partial charge in [0.2, 0.25) is 0 Å². The molecule has 0 saturated carbocycles. The summed E-state index contributed by atoms with van der Waals surface area (Å²) in [7, 11) is 1.46. The number of imide groups is 1. The SMILES string of the molecule is COc1cc(/C=C2/SC(=O)N(Cc3c(F)cccc3Cl)C2=O)cc(Br)c1OCc1cccc(F)c1. The number of thioether (sulfide) groups is 1. The van der Waals surface area contributed by atoms with E-state index in [1.807, 2.05) is 0 Å². The van der Waals surface area contributed by atoms with Gasteiger partial charge in [0.1, 0.15) is 18.2 Å². The first-order valence-corrected chi connectivity index (χ1v) is 12.2. The van der Waals surface area contributed by atoms with E-state index in [1.165, 1.54) is 43.5 Å². The van der Waals surface area contributed by atoms with Crippen molar-refractivity contribution in [1.29, 1.82) is 0 Å². The predicted octanol–water partition coefficient (Wildman–Crippen LogP) is 7.20. The van der Waals surface area contributed by atoms with Crippen molar-refractivity contribution in [2.24, 2.45) is 0 Å². The summed E-state index contributed by atoms with van der Waals surface area (Å²) in [6.45, 7) is -0.156. The van der Waals surface area contributed by atoms with Crippen molar-refractivity contribution in [3.05, 3.63) is 97.3 Å². The highest BCUT2D eigenvalue weighted by Gasteiger charge is 2.36. The van der Waals surface area contributed by atoms with Crippen LogP contribution in [0, 0.1) is 11.6 Å². The molecule has 4 rings (SSSR count). The van der Waals surface area contributed by atoms with E-state index in [0.717, 1.165) is 16.7 Å². The summed E-state index contributed by atoms with van der Waals surface area (Å²) in [5.41, 5.74) is 1.29. The van der Waals surface area contributed by atoms with Crippen molar-refractivity contribution in [2.75, 3.05) is 7.11 Å². The summed E-state index contributed by atoms with van der Waals surface area (Å²) in [5.74, 6) is -0.738. The van der Waals surface area contributed by atoms with Gasteiger partial charge in [0.15, 0.2) is 11.5 Å². The van der Waals surface area contributed by atoms with Crippen LogP contribution in [0.1, 0.15) is 16.7 Å². The Bertz CT molecular complexity index is 1330. The molecule has 1 fully saturated rings. The van der Waals surface area contributed by atoms with Gasteiger partial charge in [0, 0.05) is 10.6 Å². The van der Waals surface area contributed by atoms with Gasteiger partial charge >= 0.3 is 0 Å². The van der Waals surface area contributed by atoms with E-state index in [4.69, 9.17) is 21.1 Å². The van der Waals surface area contributed by atoms with Crippen molar-refractivity contribution >= 4 is 56.5 Å². The van der Waals surface area contributed by atoms with E-state index < -0.39 is 17.0 Å². The molecule has 0 unspecified atom stereocenters. The molecule has 3 aromatic rings. The molecule has 0 aliphatic carbocycles. The van der Waals surface area contributed by atoms with Gasteiger partial charge in [0.25, 0.3) is 11.1 Å². The van der Waals surface area contributed by atoms with Gasteiger partial charge < -0.3 is 9.47 Å². The number of ether oxygens (including phenoxy) is 2. The molecule has 2 amide bonds. The normalized spacial score (nSPS) is 14.7. The molecule has 1 aliphatic rings. The van der Waals surface area contributed by atoms with Gasteiger partial charge in [-0.1, -0.05) is 29.8 Å². The molecule has 5 nitrogen and oxygen atoms in total. The lowest BCUT2D eigenvalue weighted by Gasteiger charge is -2.14. The molecular formula is C25H17BrClF2NO4S. The van der Waals surface area contributed by atoms with Crippen LogP contribution < -0.4 is 9.47 Å². The number of benzene rings is 3. The average molecular weight is 581 g/mol. The number of carbonyl (C=O) groups excluding carboxylic acids is 2. The van der Waals surface area contributed by atoms with E-state index >= 15 is 0 Å². The maximum atomic E-state index is 14.2. The zero-order valence-electron chi connectivity index (χ0n) is 18.2. The molecule has 3 aromatic carbocycles. The number of carbonyl (C=O) groups is 2. The molecule has 35 heavy (non-hydrogen) atoms. The Kier molecular flexibility index (Phi) is 7.78. The first-order chi connectivity index (χ1) is 16.8. The molecule has 0 bridgehead atoms. The summed E-state index contributed by atoms with van der Waals surface area (Å²) in [5, 5.41) is -0.392. The fourth-order valence-electron chi connectivity index (χ4n) is 3.37. The van der Waals surface area contributed by atoms with Crippen LogP contribution in [0.3, 0.4) is 0 Å². The minimum absolute atomic E-state index is 0.0712. The van der Waals surface area contributed by atoms with Crippen LogP contribution in [-0.4, -0.2) is 23.2 Å². The van der Waals surface area contributed by atoms with Crippen molar-refractivity contribution < 1.29 is 27.8 Å². The highest BCUT2D eigenvalue weighted by atomic mass is 79.9. The molecule has 1 saturated heterocycles. The summed E-state index contributed by atoms with van der Waals surface area (Å²) in [6.07, 6.45) is 1.54. The van der Waals surface area contributed by atoms with E-state index in [9.17, 15) is 18.4 Å². The third-order valence-corrected chi connectivity index (χ3v) is 6.92. The summed E-state index contributed by atoms with van der Waals surface area (Å²) >= 11 is 10.2. The monoisotopic (exact) mass is 579 g/mol. The highest BCUT2D eigenvalue weighted by Crippen LogP contribution is 2.40. The van der Waals surface area contributed by atoms with E-state index in [0.29, 0.717) is 27.1 Å². The van der Waals surface area contributed by atoms with Crippen molar-refractivity contribution in [3.63, 3.8) is 0 Å². The lowest BCUT2D eigenvalue weighted by Crippen LogP contribution is -2.28. The first kappa shape index (κ1) is 25.2. The average Bonchev–Trinajstić information content (AvgIpc) is 3.07. The molecule has 1 heterocycles. The number of halogens is 4. The Labute approximate surface area is 217 Å². The fourth-order valence-corrected chi connectivity index (χ4v) is 5.01. The number of rotatable bonds is 7. The van der Waals surface area contributed by atoms with Crippen LogP contribution in [0.2, 0.25) is 5.02 Å². The minimum atomic E-state index is -0.594. The maximum absolute atomic E-state index is 14.2. The number of methoxy groups -OCH3 is 1. The molecule has 0 aromatic heterocycles. The second kappa shape index (κ2) is 10.8. The second-order valence-corrected chi connectivity index (χ2v) is 9.68. The molecular weight excluding hydrogens is 564 g/mol. The maximum Gasteiger partial charge on any atom is 0.293 e. The highest BCUT2D eigenvalue weighted by molar-refractivity contribution is 9.10. The summed E-state index contributed by atoms with van der Waals surface area (Å²) in [4.78, 5) is 26.5. The van der Waals surface area contributed by atoms with Gasteiger partial charge in [-0.2, -0.15) is 0 Å². The third-order valence-electron chi connectivity index (χ3n) is 5.07. The predicted molar refractivity (Wildman–Crippen MR) is 134 cm³/mol. The van der Waals surface area contributed by atoms with Crippen LogP contribution in [-0.2, 0) is 17.9 Å². The second-order valence-electron chi connectivity index (χ2n) is 7.42. The smallest absolute Gasteiger partial charge is 0.293 e. The number of nitrogens with zero attached hydrogens (tertiary/aromatic N) is 1. The standard InChI is InChI=1S/C25H17BrClF2NO4S/c1-33-21-10-15(9-18(26)23(21)34-13-14-4-2-5-16(28)8-14)11-22-24(31)30(25(32)35-22)12-17-19(27)6-3-7-20(17)29/h2-11H,12-13H2,1H3/b22-11+. The number of amides is 2. The summed E-state index contributed by atoms with van der Waals surface area (Å²) < 4.78 is 39.4. The molecule has 10 heteroatoms. The largest absolute Gasteiger partial charge is 0.493 e. The molecule has 0 atom stereocenters. The van der Waals surface area contributed by atoms with Crippen molar-refractivity contribution in [2.45, 2.75) is 13.2 Å². The van der Waals surface area contributed by atoms with Crippen LogP contribution in [0.5, 0.6) is 11.5 Å². The molecule has 180 valence electrons. The minimum Gasteiger partial charge on any atom is -0.493 e. The first-order valence-electron chi connectivity index (χ1n) is 10.2. The van der Waals surface area contributed by atoms with Crippen LogP contribution >= 0.6 is 39.3 Å². The van der Waals surface area contributed by atoms with Crippen molar-refractivity contribution in [1.82, 2.24) is 4.90 Å². The number of hydrogen-bond donors (Lipinski definition) is 0. The van der Waals surface area contributed by atoms with Gasteiger partial charge in [-0.05, 0) is 81.3 Å². The van der Waals surface area contributed by atoms with Gasteiger partial charge in [-0.3, -0.25) is 14.5 Å². The zero-order valence-corrected chi connectivity index (χ0v) is 21.3. The Balaban J connectivity index is 1.55. The molecule has 1 aliphatic heterocycles. The van der Waals surface area contributed by atoms with Gasteiger partial charge in [-0.15, -0.1) is 0 Å². The quantitative estimate of drug-likeness (QED) is 0.277. The Hall–Kier alpha value is -2.88. The van der Waals surface area contributed by atoms with Crippen LogP contribution in [0.25, 0.3) is 6.08 Å². The Morgan fingerprint density at radius 1 is 1.11 bits per heavy atom. The van der Waals surface area contributed by atoms with Crippen molar-refractivity contribution in [3.8, 4) is 11.5 Å². The summed E-state index contributed by atoms with van der Waals surface area (Å²) in [6, 6.07) is 13.6. The van der Waals surface area contributed by atoms with Crippen LogP contribution in [0.15, 0.2) is 64.0 Å². The lowest BCUT2D eigenvalue weighted by molar-refractivity contribution is -0.123. The fraction of sp³-hybridized carbons (Fsp3) is 0.120. The Morgan fingerprint density at radius 3 is 2.60 bits per heavy atom. The number of hydrogen-bond acceptors (Lipinski definition) is 5. The molecule has 0 spiro atoms. The van der Waals surface area contributed by atoms with Crippen LogP contribution in [0.4, 0.5) is 13.6 Å². The third kappa shape index (κ3) is 5.69. The lowest BCUT2D eigenvalue weighted by atomic mass is 10.1. The topological polar surface area (TPSA) is 55.8 Å². The van der Waals surface area contributed by atoms with Gasteiger partial charge in [0.05, 0.1) is 23.0 Å². The van der Waals surface area contributed by atoms with E-state index in [2.05, 4.69) is 15.9 Å². The zero-order chi connectivity index (χ0) is 25.1. The Morgan fingerprint density at radius 2 is 1.89 bits per heavy atom.